The quantitative estimate of drug-likeness (QED) is 0.443. The Balaban J connectivity index is 1.45. The number of alkyl halides is 3. The number of anilines is 1. The molecule has 0 bridgehead atoms. The summed E-state index contributed by atoms with van der Waals surface area (Å²) in [5.41, 5.74) is -0.712. The highest BCUT2D eigenvalue weighted by molar-refractivity contribution is 7.92. The van der Waals surface area contributed by atoms with Crippen LogP contribution >= 0.6 is 0 Å². The number of ether oxygens (including phenoxy) is 1. The van der Waals surface area contributed by atoms with Crippen LogP contribution in [0.5, 0.6) is 11.6 Å². The summed E-state index contributed by atoms with van der Waals surface area (Å²) in [4.78, 5) is 7.92. The van der Waals surface area contributed by atoms with E-state index >= 15 is 0 Å². The molecule has 0 aliphatic carbocycles. The minimum atomic E-state index is -4.54. The Morgan fingerprint density at radius 1 is 0.906 bits per heavy atom. The summed E-state index contributed by atoms with van der Waals surface area (Å²) in [5.74, 6) is 1.31. The van der Waals surface area contributed by atoms with Gasteiger partial charge < -0.3 is 9.30 Å². The fourth-order valence-electron chi connectivity index (χ4n) is 2.76. The minimum absolute atomic E-state index is 0.216. The third-order valence-electron chi connectivity index (χ3n) is 4.32. The fraction of sp³-hybridized carbons (Fsp3) is 0.0476. The first-order chi connectivity index (χ1) is 15.2. The zero-order valence-electron chi connectivity index (χ0n) is 16.2. The van der Waals surface area contributed by atoms with Crippen molar-refractivity contribution in [3.05, 3.63) is 91.0 Å². The maximum atomic E-state index is 12.7. The lowest BCUT2D eigenvalue weighted by atomic mass is 10.2. The summed E-state index contributed by atoms with van der Waals surface area (Å²) in [6.45, 7) is 0. The maximum Gasteiger partial charge on any atom is 0.416 e. The van der Waals surface area contributed by atoms with Gasteiger partial charge in [-0.3, -0.25) is 4.72 Å². The molecule has 4 aromatic rings. The number of rotatable bonds is 6. The van der Waals surface area contributed by atoms with Gasteiger partial charge in [0.05, 0.1) is 10.5 Å². The van der Waals surface area contributed by atoms with Gasteiger partial charge in [-0.15, -0.1) is 0 Å². The second-order valence-corrected chi connectivity index (χ2v) is 8.24. The van der Waals surface area contributed by atoms with Crippen molar-refractivity contribution in [2.75, 3.05) is 4.72 Å². The van der Waals surface area contributed by atoms with Crippen LogP contribution in [0, 0.1) is 0 Å². The monoisotopic (exact) mass is 460 g/mol. The molecule has 1 N–H and O–H groups in total. The molecule has 0 unspecified atom stereocenters. The van der Waals surface area contributed by atoms with Crippen molar-refractivity contribution < 1.29 is 26.3 Å². The Labute approximate surface area is 181 Å². The first-order valence-corrected chi connectivity index (χ1v) is 10.6. The number of nitrogens with zero attached hydrogens (tertiary/aromatic N) is 3. The zero-order valence-corrected chi connectivity index (χ0v) is 17.0. The van der Waals surface area contributed by atoms with Crippen molar-refractivity contribution in [2.45, 2.75) is 11.1 Å². The van der Waals surface area contributed by atoms with Gasteiger partial charge in [0.15, 0.2) is 0 Å². The molecule has 0 spiro atoms. The van der Waals surface area contributed by atoms with Gasteiger partial charge in [0.2, 0.25) is 5.88 Å². The molecule has 0 saturated heterocycles. The van der Waals surface area contributed by atoms with Crippen molar-refractivity contribution >= 4 is 15.7 Å². The van der Waals surface area contributed by atoms with E-state index in [1.807, 2.05) is 24.5 Å². The summed E-state index contributed by atoms with van der Waals surface area (Å²) < 4.78 is 72.7. The predicted molar refractivity (Wildman–Crippen MR) is 110 cm³/mol. The molecule has 11 heteroatoms. The molecule has 164 valence electrons. The van der Waals surface area contributed by atoms with Crippen LogP contribution in [0.1, 0.15) is 5.56 Å². The van der Waals surface area contributed by atoms with Crippen LogP contribution in [0.25, 0.3) is 5.82 Å². The lowest BCUT2D eigenvalue weighted by Gasteiger charge is -2.11. The molecular weight excluding hydrogens is 445 g/mol. The number of hydrogen-bond donors (Lipinski definition) is 1. The van der Waals surface area contributed by atoms with Crippen LogP contribution in [0.3, 0.4) is 0 Å². The van der Waals surface area contributed by atoms with E-state index in [0.29, 0.717) is 17.4 Å². The highest BCUT2D eigenvalue weighted by Crippen LogP contribution is 2.30. The molecule has 0 aliphatic rings. The second-order valence-electron chi connectivity index (χ2n) is 6.56. The van der Waals surface area contributed by atoms with Gasteiger partial charge >= 0.3 is 6.18 Å². The molecule has 2 aromatic heterocycles. The average molecular weight is 460 g/mol. The van der Waals surface area contributed by atoms with E-state index in [4.69, 9.17) is 4.74 Å². The highest BCUT2D eigenvalue weighted by Gasteiger charge is 2.30. The van der Waals surface area contributed by atoms with E-state index in [9.17, 15) is 21.6 Å². The molecule has 0 radical (unpaired) electrons. The van der Waals surface area contributed by atoms with Gasteiger partial charge in [-0.1, -0.05) is 0 Å². The third-order valence-corrected chi connectivity index (χ3v) is 5.71. The second kappa shape index (κ2) is 8.35. The number of benzene rings is 2. The molecule has 0 saturated carbocycles. The average Bonchev–Trinajstić information content (AvgIpc) is 3.30. The van der Waals surface area contributed by atoms with Gasteiger partial charge in [-0.25, -0.2) is 18.4 Å². The third kappa shape index (κ3) is 4.89. The summed E-state index contributed by atoms with van der Waals surface area (Å²) >= 11 is 0. The van der Waals surface area contributed by atoms with Gasteiger partial charge in [0.25, 0.3) is 10.0 Å². The Bertz CT molecular complexity index is 1310. The molecule has 7 nitrogen and oxygen atoms in total. The lowest BCUT2D eigenvalue weighted by molar-refractivity contribution is -0.137. The standard InChI is InChI=1S/C21H15F3N4O3S/c22-21(23,24)15-3-9-18(10-4-15)32(29,30)27-16-5-7-17(8-6-16)31-20-13-19(25-14-26-20)28-11-1-2-12-28/h1-14,27H. The van der Waals surface area contributed by atoms with Crippen LogP contribution in [0.2, 0.25) is 0 Å². The van der Waals surface area contributed by atoms with E-state index in [2.05, 4.69) is 14.7 Å². The van der Waals surface area contributed by atoms with E-state index in [1.165, 1.54) is 30.6 Å². The van der Waals surface area contributed by atoms with Crippen molar-refractivity contribution in [3.8, 4) is 17.4 Å². The number of sulfonamides is 1. The normalized spacial score (nSPS) is 11.8. The largest absolute Gasteiger partial charge is 0.439 e. The Morgan fingerprint density at radius 3 is 2.19 bits per heavy atom. The van der Waals surface area contributed by atoms with Crippen LogP contribution < -0.4 is 9.46 Å². The van der Waals surface area contributed by atoms with Crippen LogP contribution in [0.15, 0.2) is 90.3 Å². The number of aromatic nitrogens is 3. The van der Waals surface area contributed by atoms with E-state index in [1.54, 1.807) is 10.6 Å². The molecule has 2 aromatic carbocycles. The first-order valence-electron chi connectivity index (χ1n) is 9.14. The number of halogens is 3. The molecule has 0 fully saturated rings. The first kappa shape index (κ1) is 21.4. The SMILES string of the molecule is O=S(=O)(Nc1ccc(Oc2cc(-n3cccc3)ncn2)cc1)c1ccc(C(F)(F)F)cc1. The fourth-order valence-corrected chi connectivity index (χ4v) is 3.82. The molecule has 0 aliphatic heterocycles. The molecule has 4 rings (SSSR count). The molecular formula is C21H15F3N4O3S. The smallest absolute Gasteiger partial charge is 0.416 e. The van der Waals surface area contributed by atoms with Gasteiger partial charge in [0, 0.05) is 24.1 Å². The minimum Gasteiger partial charge on any atom is -0.439 e. The lowest BCUT2D eigenvalue weighted by Crippen LogP contribution is -2.13. The van der Waals surface area contributed by atoms with Crippen molar-refractivity contribution in [1.82, 2.24) is 14.5 Å². The summed E-state index contributed by atoms with van der Waals surface area (Å²) in [6.07, 6.45) is 0.461. The van der Waals surface area contributed by atoms with Gasteiger partial charge in [-0.2, -0.15) is 13.2 Å². The Hall–Kier alpha value is -3.86. The van der Waals surface area contributed by atoms with Gasteiger partial charge in [-0.05, 0) is 60.7 Å². The van der Waals surface area contributed by atoms with E-state index < -0.39 is 21.8 Å². The van der Waals surface area contributed by atoms with Crippen molar-refractivity contribution in [3.63, 3.8) is 0 Å². The van der Waals surface area contributed by atoms with E-state index in [-0.39, 0.29) is 10.6 Å². The van der Waals surface area contributed by atoms with Crippen LogP contribution in [-0.4, -0.2) is 23.0 Å². The Morgan fingerprint density at radius 2 is 1.56 bits per heavy atom. The Kier molecular flexibility index (Phi) is 5.57. The van der Waals surface area contributed by atoms with Crippen LogP contribution in [-0.2, 0) is 16.2 Å². The highest BCUT2D eigenvalue weighted by atomic mass is 32.2. The predicted octanol–water partition coefficient (Wildman–Crippen LogP) is 4.88. The zero-order chi connectivity index (χ0) is 22.8. The summed E-state index contributed by atoms with van der Waals surface area (Å²) in [5, 5.41) is 0. The van der Waals surface area contributed by atoms with Crippen LogP contribution in [0.4, 0.5) is 18.9 Å². The topological polar surface area (TPSA) is 86.1 Å². The summed E-state index contributed by atoms with van der Waals surface area (Å²) in [7, 11) is -4.06. The molecule has 32 heavy (non-hydrogen) atoms. The van der Waals surface area contributed by atoms with Crippen molar-refractivity contribution in [1.29, 1.82) is 0 Å². The van der Waals surface area contributed by atoms with E-state index in [0.717, 1.165) is 24.3 Å². The maximum absolute atomic E-state index is 12.7. The molecule has 0 amide bonds. The summed E-state index contributed by atoms with van der Waals surface area (Å²) in [6, 6.07) is 14.6. The molecule has 0 atom stereocenters. The number of hydrogen-bond acceptors (Lipinski definition) is 5. The number of nitrogens with one attached hydrogen (secondary N) is 1. The van der Waals surface area contributed by atoms with Gasteiger partial charge in [0.1, 0.15) is 17.9 Å². The van der Waals surface area contributed by atoms with Crippen molar-refractivity contribution in [2.24, 2.45) is 0 Å². The molecule has 2 heterocycles.